The highest BCUT2D eigenvalue weighted by Gasteiger charge is 2.12. The van der Waals surface area contributed by atoms with Crippen molar-refractivity contribution in [1.29, 1.82) is 0 Å². The van der Waals surface area contributed by atoms with Crippen LogP contribution in [-0.2, 0) is 5.41 Å². The molecule has 0 bridgehead atoms. The highest BCUT2D eigenvalue weighted by molar-refractivity contribution is 5.31. The topological polar surface area (TPSA) is 20.2 Å². The van der Waals surface area contributed by atoms with Crippen molar-refractivity contribution in [2.45, 2.75) is 46.5 Å². The monoisotopic (exact) mass is 194 g/mol. The fraction of sp³-hybridized carbons (Fsp3) is 0.538. The number of benzene rings is 1. The molecule has 0 aromatic heterocycles. The maximum absolute atomic E-state index is 9.18. The molecule has 0 aliphatic carbocycles. The third kappa shape index (κ3) is 4.90. The number of aromatic hydroxyl groups is 1. The third-order valence-corrected chi connectivity index (χ3v) is 1.71. The van der Waals surface area contributed by atoms with Crippen LogP contribution in [0.1, 0.15) is 46.6 Å². The predicted octanol–water partition coefficient (Wildman–Crippen LogP) is 4.11. The zero-order valence-corrected chi connectivity index (χ0v) is 9.96. The van der Waals surface area contributed by atoms with Gasteiger partial charge < -0.3 is 5.11 Å². The Kier molecular flexibility index (Phi) is 5.29. The van der Waals surface area contributed by atoms with Gasteiger partial charge in [-0.2, -0.15) is 0 Å². The smallest absolute Gasteiger partial charge is 0.115 e. The normalized spacial score (nSPS) is 10.4. The zero-order valence-electron chi connectivity index (χ0n) is 9.96. The van der Waals surface area contributed by atoms with Gasteiger partial charge in [0, 0.05) is 0 Å². The summed E-state index contributed by atoms with van der Waals surface area (Å²) in [6.45, 7) is 10.6. The first-order valence-electron chi connectivity index (χ1n) is 5.21. The summed E-state index contributed by atoms with van der Waals surface area (Å²) in [5, 5.41) is 9.18. The minimum absolute atomic E-state index is 0.124. The fourth-order valence-corrected chi connectivity index (χ4v) is 0.972. The van der Waals surface area contributed by atoms with E-state index in [4.69, 9.17) is 0 Å². The van der Waals surface area contributed by atoms with E-state index in [1.165, 1.54) is 6.42 Å². The van der Waals surface area contributed by atoms with Crippen LogP contribution in [0.25, 0.3) is 0 Å². The Hall–Kier alpha value is -0.980. The molecule has 0 heterocycles. The Morgan fingerprint density at radius 2 is 1.64 bits per heavy atom. The molecule has 1 heteroatoms. The quantitative estimate of drug-likeness (QED) is 0.659. The molecule has 1 aromatic carbocycles. The molecule has 1 N–H and O–H groups in total. The van der Waals surface area contributed by atoms with Crippen LogP contribution in [-0.4, -0.2) is 5.11 Å². The number of rotatable bonds is 0. The van der Waals surface area contributed by atoms with Crippen molar-refractivity contribution < 1.29 is 5.11 Å². The lowest BCUT2D eigenvalue weighted by Crippen LogP contribution is -2.10. The van der Waals surface area contributed by atoms with Crippen LogP contribution >= 0.6 is 0 Å². The SMILES string of the molecule is CC(C)(C)c1cccc(O)c1.CCC. The minimum Gasteiger partial charge on any atom is -0.508 e. The lowest BCUT2D eigenvalue weighted by Gasteiger charge is -2.18. The molecule has 0 unspecified atom stereocenters. The second-order valence-corrected chi connectivity index (χ2v) is 4.51. The zero-order chi connectivity index (χ0) is 11.2. The average molecular weight is 194 g/mol. The second-order valence-electron chi connectivity index (χ2n) is 4.51. The van der Waals surface area contributed by atoms with Gasteiger partial charge in [-0.1, -0.05) is 53.2 Å². The Bertz CT molecular complexity index is 258. The maximum atomic E-state index is 9.18. The van der Waals surface area contributed by atoms with Crippen LogP contribution < -0.4 is 0 Å². The lowest BCUT2D eigenvalue weighted by atomic mass is 9.87. The molecular weight excluding hydrogens is 172 g/mol. The average Bonchev–Trinajstić information content (AvgIpc) is 2.04. The second kappa shape index (κ2) is 5.69. The summed E-state index contributed by atoms with van der Waals surface area (Å²) in [4.78, 5) is 0. The summed E-state index contributed by atoms with van der Waals surface area (Å²) >= 11 is 0. The van der Waals surface area contributed by atoms with E-state index in [1.54, 1.807) is 12.1 Å². The first kappa shape index (κ1) is 13.0. The largest absolute Gasteiger partial charge is 0.508 e. The summed E-state index contributed by atoms with van der Waals surface area (Å²) in [7, 11) is 0. The van der Waals surface area contributed by atoms with E-state index in [-0.39, 0.29) is 5.41 Å². The summed E-state index contributed by atoms with van der Waals surface area (Å²) in [6, 6.07) is 7.39. The minimum atomic E-state index is 0.124. The summed E-state index contributed by atoms with van der Waals surface area (Å²) in [5.74, 6) is 0.345. The van der Waals surface area contributed by atoms with Crippen molar-refractivity contribution in [3.05, 3.63) is 29.8 Å². The van der Waals surface area contributed by atoms with Gasteiger partial charge in [-0.05, 0) is 23.1 Å². The van der Waals surface area contributed by atoms with E-state index in [2.05, 4.69) is 34.6 Å². The van der Waals surface area contributed by atoms with Crippen LogP contribution in [0.5, 0.6) is 5.75 Å². The van der Waals surface area contributed by atoms with Gasteiger partial charge in [-0.25, -0.2) is 0 Å². The molecule has 1 rings (SSSR count). The first-order chi connectivity index (χ1) is 6.41. The van der Waals surface area contributed by atoms with Crippen LogP contribution in [0, 0.1) is 0 Å². The van der Waals surface area contributed by atoms with E-state index in [1.807, 2.05) is 12.1 Å². The fourth-order valence-electron chi connectivity index (χ4n) is 0.972. The van der Waals surface area contributed by atoms with Crippen molar-refractivity contribution in [3.63, 3.8) is 0 Å². The molecule has 14 heavy (non-hydrogen) atoms. The molecule has 1 aromatic rings. The predicted molar refractivity (Wildman–Crippen MR) is 62.8 cm³/mol. The lowest BCUT2D eigenvalue weighted by molar-refractivity contribution is 0.471. The van der Waals surface area contributed by atoms with Gasteiger partial charge in [0.05, 0.1) is 0 Å². The Balaban J connectivity index is 0.000000500. The molecule has 0 saturated heterocycles. The molecule has 0 aliphatic rings. The van der Waals surface area contributed by atoms with Crippen LogP contribution in [0.2, 0.25) is 0 Å². The highest BCUT2D eigenvalue weighted by atomic mass is 16.3. The summed E-state index contributed by atoms with van der Waals surface area (Å²) in [5.41, 5.74) is 1.29. The summed E-state index contributed by atoms with van der Waals surface area (Å²) < 4.78 is 0. The van der Waals surface area contributed by atoms with Gasteiger partial charge in [0.15, 0.2) is 0 Å². The van der Waals surface area contributed by atoms with Crippen LogP contribution in [0.4, 0.5) is 0 Å². The molecule has 0 aliphatic heterocycles. The highest BCUT2D eigenvalue weighted by Crippen LogP contribution is 2.24. The molecule has 0 amide bonds. The number of hydrogen-bond acceptors (Lipinski definition) is 1. The van der Waals surface area contributed by atoms with Crippen molar-refractivity contribution in [2.75, 3.05) is 0 Å². The van der Waals surface area contributed by atoms with Gasteiger partial charge in [0.25, 0.3) is 0 Å². The Morgan fingerprint density at radius 1 is 1.14 bits per heavy atom. The third-order valence-electron chi connectivity index (χ3n) is 1.71. The van der Waals surface area contributed by atoms with E-state index in [9.17, 15) is 5.11 Å². The Morgan fingerprint density at radius 3 is 1.93 bits per heavy atom. The van der Waals surface area contributed by atoms with Crippen molar-refractivity contribution in [3.8, 4) is 5.75 Å². The van der Waals surface area contributed by atoms with Gasteiger partial charge in [0.2, 0.25) is 0 Å². The maximum Gasteiger partial charge on any atom is 0.115 e. The molecule has 0 radical (unpaired) electrons. The van der Waals surface area contributed by atoms with Crippen LogP contribution in [0.15, 0.2) is 24.3 Å². The number of phenolic OH excluding ortho intramolecular Hbond substituents is 1. The van der Waals surface area contributed by atoms with E-state index in [0.29, 0.717) is 5.75 Å². The molecule has 0 fully saturated rings. The molecule has 0 atom stereocenters. The van der Waals surface area contributed by atoms with Crippen molar-refractivity contribution in [2.24, 2.45) is 0 Å². The van der Waals surface area contributed by atoms with Gasteiger partial charge in [-0.15, -0.1) is 0 Å². The van der Waals surface area contributed by atoms with E-state index >= 15 is 0 Å². The van der Waals surface area contributed by atoms with E-state index < -0.39 is 0 Å². The number of hydrogen-bond donors (Lipinski definition) is 1. The Labute approximate surface area is 87.8 Å². The molecule has 0 saturated carbocycles. The summed E-state index contributed by atoms with van der Waals surface area (Å²) in [6.07, 6.45) is 1.25. The van der Waals surface area contributed by atoms with Gasteiger partial charge in [0.1, 0.15) is 5.75 Å². The van der Waals surface area contributed by atoms with Gasteiger partial charge >= 0.3 is 0 Å². The first-order valence-corrected chi connectivity index (χ1v) is 5.21. The van der Waals surface area contributed by atoms with Crippen LogP contribution in [0.3, 0.4) is 0 Å². The molecule has 1 nitrogen and oxygen atoms in total. The molecule has 0 spiro atoms. The van der Waals surface area contributed by atoms with E-state index in [0.717, 1.165) is 5.56 Å². The van der Waals surface area contributed by atoms with Crippen molar-refractivity contribution in [1.82, 2.24) is 0 Å². The molecule has 80 valence electrons. The van der Waals surface area contributed by atoms with Gasteiger partial charge in [-0.3, -0.25) is 0 Å². The number of phenols is 1. The molecular formula is C13H22O. The standard InChI is InChI=1S/C10H14O.C3H8/c1-10(2,3)8-5-4-6-9(11)7-8;1-3-2/h4-7,11H,1-3H3;3H2,1-2H3. The van der Waals surface area contributed by atoms with Crippen molar-refractivity contribution >= 4 is 0 Å².